The second-order valence-electron chi connectivity index (χ2n) is 17.5. The van der Waals surface area contributed by atoms with Crippen LogP contribution in [0.5, 0.6) is 23.0 Å². The van der Waals surface area contributed by atoms with Crippen molar-refractivity contribution in [1.82, 2.24) is 0 Å². The SMILES string of the molecule is c1ccc2c(c1)Oc1cccc3c1N2c1cc(-c2ccc(N(c4ccc5c(c4)C4(c6ccccc6-c6ccccc64)c4ccccc4-5)c4cccc5sc6ccccc6c45)cc2)ccc1O3. The highest BCUT2D eigenvalue weighted by molar-refractivity contribution is 7.26. The third-order valence-corrected chi connectivity index (χ3v) is 15.4. The maximum atomic E-state index is 6.54. The summed E-state index contributed by atoms with van der Waals surface area (Å²) in [6, 6.07) is 79.7. The molecule has 0 atom stereocenters. The van der Waals surface area contributed by atoms with Gasteiger partial charge in [0.15, 0.2) is 23.0 Å². The van der Waals surface area contributed by atoms with Gasteiger partial charge in [-0.05, 0) is 134 Å². The smallest absolute Gasteiger partial charge is 0.155 e. The van der Waals surface area contributed by atoms with Crippen LogP contribution in [0.4, 0.5) is 34.1 Å². The normalized spacial score (nSPS) is 13.8. The summed E-state index contributed by atoms with van der Waals surface area (Å²) in [7, 11) is 0. The van der Waals surface area contributed by atoms with Gasteiger partial charge in [-0.15, -0.1) is 11.3 Å². The van der Waals surface area contributed by atoms with Crippen molar-refractivity contribution >= 4 is 65.6 Å². The maximum Gasteiger partial charge on any atom is 0.155 e. The number of thiophene rings is 1. The average molecular weight is 861 g/mol. The van der Waals surface area contributed by atoms with Crippen molar-refractivity contribution in [3.63, 3.8) is 0 Å². The number of para-hydroxylation sites is 3. The van der Waals surface area contributed by atoms with Gasteiger partial charge < -0.3 is 14.4 Å². The first kappa shape index (κ1) is 36.0. The quantitative estimate of drug-likeness (QED) is 0.176. The molecule has 308 valence electrons. The monoisotopic (exact) mass is 860 g/mol. The van der Waals surface area contributed by atoms with Crippen LogP contribution < -0.4 is 19.3 Å². The fourth-order valence-electron chi connectivity index (χ4n) is 11.6. The zero-order valence-electron chi connectivity index (χ0n) is 35.4. The number of fused-ring (bicyclic) bond motifs is 17. The second kappa shape index (κ2) is 13.3. The van der Waals surface area contributed by atoms with E-state index in [9.17, 15) is 0 Å². The van der Waals surface area contributed by atoms with Crippen molar-refractivity contribution in [1.29, 1.82) is 0 Å². The molecule has 66 heavy (non-hydrogen) atoms. The summed E-state index contributed by atoms with van der Waals surface area (Å²) < 4.78 is 15.5. The van der Waals surface area contributed by atoms with Crippen molar-refractivity contribution in [2.45, 2.75) is 5.41 Å². The fourth-order valence-corrected chi connectivity index (χ4v) is 12.7. The summed E-state index contributed by atoms with van der Waals surface area (Å²) in [5.74, 6) is 3.19. The lowest BCUT2D eigenvalue weighted by molar-refractivity contribution is 0.446. The third kappa shape index (κ3) is 4.76. The Hall–Kier alpha value is -8.38. The Morgan fingerprint density at radius 2 is 0.955 bits per heavy atom. The van der Waals surface area contributed by atoms with Crippen molar-refractivity contribution < 1.29 is 9.47 Å². The summed E-state index contributed by atoms with van der Waals surface area (Å²) in [4.78, 5) is 4.77. The molecule has 5 heteroatoms. The molecule has 3 heterocycles. The second-order valence-corrected chi connectivity index (χ2v) is 18.6. The van der Waals surface area contributed by atoms with E-state index in [1.807, 2.05) is 41.7 Å². The molecule has 4 nitrogen and oxygen atoms in total. The van der Waals surface area contributed by atoms with Crippen LogP contribution in [0, 0.1) is 0 Å². The molecule has 0 fully saturated rings. The highest BCUT2D eigenvalue weighted by atomic mass is 32.1. The van der Waals surface area contributed by atoms with Crippen LogP contribution in [0.3, 0.4) is 0 Å². The number of benzene rings is 10. The summed E-state index contributed by atoms with van der Waals surface area (Å²) in [5, 5.41) is 2.53. The number of nitrogens with zero attached hydrogens (tertiary/aromatic N) is 2. The molecule has 0 saturated heterocycles. The Morgan fingerprint density at radius 1 is 0.394 bits per heavy atom. The van der Waals surface area contributed by atoms with Gasteiger partial charge in [0.1, 0.15) is 5.69 Å². The molecule has 0 amide bonds. The Kier molecular flexibility index (Phi) is 7.27. The predicted octanol–water partition coefficient (Wildman–Crippen LogP) is 17.2. The highest BCUT2D eigenvalue weighted by Crippen LogP contribution is 2.64. The molecule has 1 spiro atoms. The van der Waals surface area contributed by atoms with E-state index >= 15 is 0 Å². The Labute approximate surface area is 385 Å². The molecule has 0 unspecified atom stereocenters. The lowest BCUT2D eigenvalue weighted by Gasteiger charge is -2.37. The summed E-state index contributed by atoms with van der Waals surface area (Å²) >= 11 is 1.86. The van der Waals surface area contributed by atoms with E-state index in [1.165, 1.54) is 64.7 Å². The van der Waals surface area contributed by atoms with E-state index in [-0.39, 0.29) is 0 Å². The Balaban J connectivity index is 0.917. The van der Waals surface area contributed by atoms with Crippen molar-refractivity contribution in [3.05, 3.63) is 241 Å². The van der Waals surface area contributed by atoms with E-state index in [2.05, 4.69) is 198 Å². The Bertz CT molecular complexity index is 3790. The standard InChI is InChI=1S/C61H36N2O2S/c1-5-17-46-41(13-1)42-14-2-6-18-47(42)61(46)48-19-7-3-15-43(48)44-33-32-40(36-49(44)61)62(51-21-11-26-58-59(51)45-16-4-10-25-57(45)66-58)39-30-27-37(28-31-39)38-29-34-54-52(35-38)63-50-20-8-9-22-53(50)64-55-23-12-24-56(65-54)60(55)63/h1-36H. The van der Waals surface area contributed by atoms with Crippen LogP contribution in [-0.4, -0.2) is 0 Å². The van der Waals surface area contributed by atoms with Gasteiger partial charge in [0, 0.05) is 31.5 Å². The number of hydrogen-bond acceptors (Lipinski definition) is 5. The lowest BCUT2D eigenvalue weighted by Crippen LogP contribution is -2.26. The van der Waals surface area contributed by atoms with Crippen LogP contribution in [0.2, 0.25) is 0 Å². The first-order valence-electron chi connectivity index (χ1n) is 22.5. The molecule has 2 aliphatic heterocycles. The highest BCUT2D eigenvalue weighted by Gasteiger charge is 2.51. The zero-order valence-corrected chi connectivity index (χ0v) is 36.2. The Morgan fingerprint density at radius 3 is 1.70 bits per heavy atom. The molecule has 11 aromatic rings. The number of hydrogen-bond donors (Lipinski definition) is 0. The lowest BCUT2D eigenvalue weighted by atomic mass is 9.70. The minimum atomic E-state index is -0.454. The molecular weight excluding hydrogens is 825 g/mol. The fraction of sp³-hybridized carbons (Fsp3) is 0.0164. The van der Waals surface area contributed by atoms with Crippen molar-refractivity contribution in [2.24, 2.45) is 0 Å². The number of rotatable bonds is 4. The molecule has 10 aromatic carbocycles. The first-order chi connectivity index (χ1) is 32.7. The van der Waals surface area contributed by atoms with Gasteiger partial charge in [0.25, 0.3) is 0 Å². The predicted molar refractivity (Wildman–Crippen MR) is 271 cm³/mol. The molecule has 0 radical (unpaired) electrons. The van der Waals surface area contributed by atoms with E-state index in [4.69, 9.17) is 9.47 Å². The van der Waals surface area contributed by atoms with Gasteiger partial charge in [-0.3, -0.25) is 4.90 Å². The molecule has 1 aromatic heterocycles. The molecule has 15 rings (SSSR count). The molecule has 0 saturated carbocycles. The molecule has 0 N–H and O–H groups in total. The van der Waals surface area contributed by atoms with E-state index in [0.29, 0.717) is 0 Å². The molecule has 2 aliphatic carbocycles. The molecule has 0 bridgehead atoms. The van der Waals surface area contributed by atoms with Gasteiger partial charge >= 0.3 is 0 Å². The van der Waals surface area contributed by atoms with Crippen LogP contribution in [0.15, 0.2) is 218 Å². The van der Waals surface area contributed by atoms with Gasteiger partial charge in [-0.2, -0.15) is 0 Å². The summed E-state index contributed by atoms with van der Waals surface area (Å²) in [6.07, 6.45) is 0. The van der Waals surface area contributed by atoms with Crippen molar-refractivity contribution in [2.75, 3.05) is 9.80 Å². The van der Waals surface area contributed by atoms with Gasteiger partial charge in [0.2, 0.25) is 0 Å². The summed E-state index contributed by atoms with van der Waals surface area (Å²) in [5.41, 5.74) is 18.5. The topological polar surface area (TPSA) is 24.9 Å². The van der Waals surface area contributed by atoms with E-state index in [0.717, 1.165) is 68.2 Å². The van der Waals surface area contributed by atoms with Crippen LogP contribution in [0.1, 0.15) is 22.3 Å². The summed E-state index contributed by atoms with van der Waals surface area (Å²) in [6.45, 7) is 0. The third-order valence-electron chi connectivity index (χ3n) is 14.3. The van der Waals surface area contributed by atoms with Gasteiger partial charge in [0.05, 0.1) is 22.5 Å². The minimum Gasteiger partial charge on any atom is -0.453 e. The van der Waals surface area contributed by atoms with Crippen molar-refractivity contribution in [3.8, 4) is 56.4 Å². The average Bonchev–Trinajstić information content (AvgIpc) is 4.01. The largest absolute Gasteiger partial charge is 0.453 e. The molecule has 4 aliphatic rings. The van der Waals surface area contributed by atoms with E-state index in [1.54, 1.807) is 0 Å². The van der Waals surface area contributed by atoms with Crippen LogP contribution >= 0.6 is 11.3 Å². The maximum absolute atomic E-state index is 6.54. The number of anilines is 6. The minimum absolute atomic E-state index is 0.454. The number of ether oxygens (including phenoxy) is 2. The van der Waals surface area contributed by atoms with Crippen LogP contribution in [-0.2, 0) is 5.41 Å². The zero-order chi connectivity index (χ0) is 43.1. The van der Waals surface area contributed by atoms with Gasteiger partial charge in [-0.1, -0.05) is 140 Å². The van der Waals surface area contributed by atoms with Crippen LogP contribution in [0.25, 0.3) is 53.6 Å². The molecular formula is C61H36N2O2S. The van der Waals surface area contributed by atoms with E-state index < -0.39 is 5.41 Å². The first-order valence-corrected chi connectivity index (χ1v) is 23.3. The van der Waals surface area contributed by atoms with Gasteiger partial charge in [-0.25, -0.2) is 0 Å².